The van der Waals surface area contributed by atoms with E-state index in [0.717, 1.165) is 27.3 Å². The van der Waals surface area contributed by atoms with Crippen LogP contribution in [0.2, 0.25) is 0 Å². The zero-order valence-electron chi connectivity index (χ0n) is 10.5. The van der Waals surface area contributed by atoms with E-state index in [0.29, 0.717) is 0 Å². The van der Waals surface area contributed by atoms with Crippen LogP contribution in [-0.2, 0) is 0 Å². The first-order chi connectivity index (χ1) is 9.22. The minimum atomic E-state index is 0.820. The molecule has 3 nitrogen and oxygen atoms in total. The van der Waals surface area contributed by atoms with E-state index >= 15 is 0 Å². The second-order valence-corrected chi connectivity index (χ2v) is 4.93. The van der Waals surface area contributed by atoms with E-state index in [4.69, 9.17) is 0 Å². The maximum atomic E-state index is 4.32. The van der Waals surface area contributed by atoms with Gasteiger partial charge in [0.15, 0.2) is 0 Å². The molecule has 4 heteroatoms. The SMILES string of the molecule is Cc1ccc2ncnc(Nc3ccc(S)cc3)c2c1. The van der Waals surface area contributed by atoms with Gasteiger partial charge < -0.3 is 5.32 Å². The van der Waals surface area contributed by atoms with Gasteiger partial charge in [-0.1, -0.05) is 11.6 Å². The quantitative estimate of drug-likeness (QED) is 0.690. The number of fused-ring (bicyclic) bond motifs is 1. The first-order valence-corrected chi connectivity index (χ1v) is 6.44. The Hall–Kier alpha value is -2.07. The molecule has 3 aromatic rings. The lowest BCUT2D eigenvalue weighted by Gasteiger charge is -2.08. The molecule has 0 fully saturated rings. The second-order valence-electron chi connectivity index (χ2n) is 4.41. The normalized spacial score (nSPS) is 10.6. The summed E-state index contributed by atoms with van der Waals surface area (Å²) in [6.07, 6.45) is 1.58. The fraction of sp³-hybridized carbons (Fsp3) is 0.0667. The van der Waals surface area contributed by atoms with Crippen LogP contribution in [-0.4, -0.2) is 9.97 Å². The van der Waals surface area contributed by atoms with Crippen molar-refractivity contribution >= 4 is 35.0 Å². The van der Waals surface area contributed by atoms with Crippen molar-refractivity contribution in [2.45, 2.75) is 11.8 Å². The van der Waals surface area contributed by atoms with Gasteiger partial charge in [0.25, 0.3) is 0 Å². The summed E-state index contributed by atoms with van der Waals surface area (Å²) in [5.41, 5.74) is 3.12. The lowest BCUT2D eigenvalue weighted by molar-refractivity contribution is 1.21. The summed E-state index contributed by atoms with van der Waals surface area (Å²) in [5, 5.41) is 4.34. The van der Waals surface area contributed by atoms with Gasteiger partial charge in [0, 0.05) is 16.0 Å². The van der Waals surface area contributed by atoms with Crippen LogP contribution in [0.5, 0.6) is 0 Å². The monoisotopic (exact) mass is 267 g/mol. The highest BCUT2D eigenvalue weighted by Gasteiger charge is 2.04. The summed E-state index contributed by atoms with van der Waals surface area (Å²) in [4.78, 5) is 9.54. The molecule has 0 aliphatic carbocycles. The highest BCUT2D eigenvalue weighted by atomic mass is 32.1. The third kappa shape index (κ3) is 2.53. The van der Waals surface area contributed by atoms with Crippen molar-refractivity contribution in [3.63, 3.8) is 0 Å². The molecular weight excluding hydrogens is 254 g/mol. The van der Waals surface area contributed by atoms with Gasteiger partial charge >= 0.3 is 0 Å². The van der Waals surface area contributed by atoms with E-state index in [-0.39, 0.29) is 0 Å². The fourth-order valence-electron chi connectivity index (χ4n) is 1.95. The molecule has 94 valence electrons. The number of hydrogen-bond acceptors (Lipinski definition) is 4. The minimum absolute atomic E-state index is 0.820. The molecule has 0 atom stereocenters. The van der Waals surface area contributed by atoms with Gasteiger partial charge in [0.2, 0.25) is 0 Å². The largest absolute Gasteiger partial charge is 0.340 e. The Kier molecular flexibility index (Phi) is 3.09. The van der Waals surface area contributed by atoms with E-state index in [9.17, 15) is 0 Å². The van der Waals surface area contributed by atoms with Crippen molar-refractivity contribution < 1.29 is 0 Å². The van der Waals surface area contributed by atoms with Crippen molar-refractivity contribution in [3.05, 3.63) is 54.4 Å². The zero-order valence-corrected chi connectivity index (χ0v) is 11.4. The summed E-state index contributed by atoms with van der Waals surface area (Å²) < 4.78 is 0. The molecule has 19 heavy (non-hydrogen) atoms. The minimum Gasteiger partial charge on any atom is -0.340 e. The van der Waals surface area contributed by atoms with Crippen LogP contribution < -0.4 is 5.32 Å². The molecule has 0 radical (unpaired) electrons. The molecule has 0 saturated heterocycles. The Bertz CT molecular complexity index is 723. The molecule has 1 heterocycles. The molecule has 0 amide bonds. The molecule has 0 bridgehead atoms. The number of benzene rings is 2. The van der Waals surface area contributed by atoms with Gasteiger partial charge in [-0.25, -0.2) is 9.97 Å². The topological polar surface area (TPSA) is 37.8 Å². The van der Waals surface area contributed by atoms with Crippen LogP contribution in [0.4, 0.5) is 11.5 Å². The van der Waals surface area contributed by atoms with Crippen LogP contribution in [0.3, 0.4) is 0 Å². The van der Waals surface area contributed by atoms with Crippen LogP contribution in [0, 0.1) is 6.92 Å². The van der Waals surface area contributed by atoms with Crippen molar-refractivity contribution in [2.75, 3.05) is 5.32 Å². The molecule has 3 rings (SSSR count). The number of thiol groups is 1. The average molecular weight is 267 g/mol. The average Bonchev–Trinajstić information content (AvgIpc) is 2.42. The molecule has 2 aromatic carbocycles. The van der Waals surface area contributed by atoms with Crippen molar-refractivity contribution in [3.8, 4) is 0 Å². The highest BCUT2D eigenvalue weighted by Crippen LogP contribution is 2.24. The predicted molar refractivity (Wildman–Crippen MR) is 81.3 cm³/mol. The second kappa shape index (κ2) is 4.90. The highest BCUT2D eigenvalue weighted by molar-refractivity contribution is 7.80. The van der Waals surface area contributed by atoms with Crippen LogP contribution in [0.15, 0.2) is 53.7 Å². The smallest absolute Gasteiger partial charge is 0.141 e. The van der Waals surface area contributed by atoms with Gasteiger partial charge in [-0.05, 0) is 43.3 Å². The molecule has 0 saturated carbocycles. The van der Waals surface area contributed by atoms with Crippen molar-refractivity contribution in [2.24, 2.45) is 0 Å². The molecule has 0 spiro atoms. The summed E-state index contributed by atoms with van der Waals surface area (Å²) >= 11 is 4.28. The molecule has 1 N–H and O–H groups in total. The van der Waals surface area contributed by atoms with E-state index in [1.54, 1.807) is 6.33 Å². The summed E-state index contributed by atoms with van der Waals surface area (Å²) in [6, 6.07) is 14.0. The predicted octanol–water partition coefficient (Wildman–Crippen LogP) is 3.97. The van der Waals surface area contributed by atoms with Crippen LogP contribution >= 0.6 is 12.6 Å². The Balaban J connectivity index is 2.05. The van der Waals surface area contributed by atoms with E-state index in [2.05, 4.69) is 47.0 Å². The summed E-state index contributed by atoms with van der Waals surface area (Å²) in [5.74, 6) is 0.820. The zero-order chi connectivity index (χ0) is 13.2. The molecule has 0 aliphatic rings. The number of hydrogen-bond donors (Lipinski definition) is 2. The fourth-order valence-corrected chi connectivity index (χ4v) is 2.10. The first-order valence-electron chi connectivity index (χ1n) is 6.00. The standard InChI is InChI=1S/C15H13N3S/c1-10-2-7-14-13(8-10)15(17-9-16-14)18-11-3-5-12(19)6-4-11/h2-9,19H,1H3,(H,16,17,18). The Labute approximate surface area is 117 Å². The number of rotatable bonds is 2. The first kappa shape index (κ1) is 12.0. The van der Waals surface area contributed by atoms with E-state index in [1.165, 1.54) is 5.56 Å². The van der Waals surface area contributed by atoms with Gasteiger partial charge in [0.05, 0.1) is 5.52 Å². The number of anilines is 2. The van der Waals surface area contributed by atoms with Crippen molar-refractivity contribution in [1.29, 1.82) is 0 Å². The van der Waals surface area contributed by atoms with E-state index in [1.807, 2.05) is 30.3 Å². The third-order valence-electron chi connectivity index (χ3n) is 2.92. The molecule has 1 aromatic heterocycles. The van der Waals surface area contributed by atoms with Gasteiger partial charge in [-0.2, -0.15) is 0 Å². The Morgan fingerprint density at radius 1 is 1.00 bits per heavy atom. The van der Waals surface area contributed by atoms with Crippen molar-refractivity contribution in [1.82, 2.24) is 9.97 Å². The van der Waals surface area contributed by atoms with Gasteiger partial charge in [0.1, 0.15) is 12.1 Å². The van der Waals surface area contributed by atoms with E-state index < -0.39 is 0 Å². The molecule has 0 aliphatic heterocycles. The van der Waals surface area contributed by atoms with Crippen LogP contribution in [0.1, 0.15) is 5.56 Å². The maximum Gasteiger partial charge on any atom is 0.141 e. The lowest BCUT2D eigenvalue weighted by Crippen LogP contribution is -1.96. The molecule has 0 unspecified atom stereocenters. The lowest BCUT2D eigenvalue weighted by atomic mass is 10.1. The summed E-state index contributed by atoms with van der Waals surface area (Å²) in [7, 11) is 0. The number of nitrogens with zero attached hydrogens (tertiary/aromatic N) is 2. The molecular formula is C15H13N3S. The van der Waals surface area contributed by atoms with Gasteiger partial charge in [-0.3, -0.25) is 0 Å². The number of aryl methyl sites for hydroxylation is 1. The third-order valence-corrected chi connectivity index (χ3v) is 3.22. The van der Waals surface area contributed by atoms with Gasteiger partial charge in [-0.15, -0.1) is 12.6 Å². The van der Waals surface area contributed by atoms with Crippen LogP contribution in [0.25, 0.3) is 10.9 Å². The number of aromatic nitrogens is 2. The summed E-state index contributed by atoms with van der Waals surface area (Å²) in [6.45, 7) is 2.06. The Morgan fingerprint density at radius 2 is 1.79 bits per heavy atom. The maximum absolute atomic E-state index is 4.32. The number of nitrogens with one attached hydrogen (secondary N) is 1. The Morgan fingerprint density at radius 3 is 2.58 bits per heavy atom.